The standard InChI is InChI=1S/2C17H12ClN/c2*18-15-11-16(13-7-3-1-4-8-13)19-17(12-15)14-9-5-2-6-10-14/h2*1-12H. The van der Waals surface area contributed by atoms with Gasteiger partial charge in [0.15, 0.2) is 0 Å². The minimum Gasteiger partial charge on any atom is -0.248 e. The number of hydrogen-bond donors (Lipinski definition) is 0. The maximum Gasteiger partial charge on any atom is 0.0724 e. The van der Waals surface area contributed by atoms with Crippen LogP contribution in [-0.4, -0.2) is 9.97 Å². The van der Waals surface area contributed by atoms with Gasteiger partial charge in [0.05, 0.1) is 22.8 Å². The summed E-state index contributed by atoms with van der Waals surface area (Å²) in [6.45, 7) is 0. The highest BCUT2D eigenvalue weighted by Crippen LogP contribution is 2.28. The van der Waals surface area contributed by atoms with E-state index in [1.165, 1.54) is 0 Å². The summed E-state index contributed by atoms with van der Waals surface area (Å²) in [6.07, 6.45) is 0. The molecule has 6 rings (SSSR count). The number of hydrogen-bond acceptors (Lipinski definition) is 2. The number of halogens is 2. The van der Waals surface area contributed by atoms with Gasteiger partial charge in [0, 0.05) is 32.3 Å². The molecule has 0 saturated carbocycles. The summed E-state index contributed by atoms with van der Waals surface area (Å²) < 4.78 is 0. The predicted molar refractivity (Wildman–Crippen MR) is 160 cm³/mol. The quantitative estimate of drug-likeness (QED) is 0.226. The second-order valence-electron chi connectivity index (χ2n) is 8.58. The van der Waals surface area contributed by atoms with Crippen molar-refractivity contribution in [3.63, 3.8) is 0 Å². The van der Waals surface area contributed by atoms with E-state index in [4.69, 9.17) is 23.2 Å². The van der Waals surface area contributed by atoms with E-state index in [9.17, 15) is 0 Å². The van der Waals surface area contributed by atoms with Crippen molar-refractivity contribution in [1.29, 1.82) is 0 Å². The summed E-state index contributed by atoms with van der Waals surface area (Å²) in [4.78, 5) is 9.38. The molecule has 0 spiro atoms. The third-order valence-electron chi connectivity index (χ3n) is 5.86. The Balaban J connectivity index is 0.000000155. The van der Waals surface area contributed by atoms with Gasteiger partial charge in [-0.1, -0.05) is 145 Å². The molecule has 0 N–H and O–H groups in total. The van der Waals surface area contributed by atoms with Crippen LogP contribution in [0.15, 0.2) is 146 Å². The monoisotopic (exact) mass is 530 g/mol. The van der Waals surface area contributed by atoms with Crippen molar-refractivity contribution >= 4 is 23.2 Å². The molecular weight excluding hydrogens is 507 g/mol. The number of aromatic nitrogens is 2. The van der Waals surface area contributed by atoms with Crippen LogP contribution in [0.2, 0.25) is 10.0 Å². The molecule has 2 aromatic heterocycles. The van der Waals surface area contributed by atoms with E-state index in [2.05, 4.69) is 9.97 Å². The van der Waals surface area contributed by atoms with E-state index in [0.29, 0.717) is 10.0 Å². The van der Waals surface area contributed by atoms with Gasteiger partial charge in [0.25, 0.3) is 0 Å². The molecular formula is C34H24Cl2N2. The summed E-state index contributed by atoms with van der Waals surface area (Å²) in [7, 11) is 0. The largest absolute Gasteiger partial charge is 0.248 e. The average Bonchev–Trinajstić information content (AvgIpc) is 2.99. The molecule has 4 heteroatoms. The zero-order valence-corrected chi connectivity index (χ0v) is 22.0. The van der Waals surface area contributed by atoms with Crippen LogP contribution in [0.4, 0.5) is 0 Å². The molecule has 0 fully saturated rings. The van der Waals surface area contributed by atoms with Crippen molar-refractivity contribution in [3.8, 4) is 45.0 Å². The zero-order chi connectivity index (χ0) is 26.2. The summed E-state index contributed by atoms with van der Waals surface area (Å²) in [5.41, 5.74) is 7.87. The van der Waals surface area contributed by atoms with Gasteiger partial charge in [-0.05, 0) is 24.3 Å². The van der Waals surface area contributed by atoms with Crippen LogP contribution in [0, 0.1) is 0 Å². The van der Waals surface area contributed by atoms with Crippen molar-refractivity contribution in [2.75, 3.05) is 0 Å². The van der Waals surface area contributed by atoms with Gasteiger partial charge in [-0.25, -0.2) is 9.97 Å². The van der Waals surface area contributed by atoms with Crippen LogP contribution in [-0.2, 0) is 0 Å². The molecule has 0 unspecified atom stereocenters. The van der Waals surface area contributed by atoms with E-state index < -0.39 is 0 Å². The summed E-state index contributed by atoms with van der Waals surface area (Å²) >= 11 is 12.4. The predicted octanol–water partition coefficient (Wildman–Crippen LogP) is 10.1. The fourth-order valence-electron chi connectivity index (χ4n) is 4.02. The highest BCUT2D eigenvalue weighted by molar-refractivity contribution is 6.31. The Morgan fingerprint density at radius 2 is 0.526 bits per heavy atom. The summed E-state index contributed by atoms with van der Waals surface area (Å²) in [6, 6.07) is 47.8. The molecule has 184 valence electrons. The molecule has 0 amide bonds. The van der Waals surface area contributed by atoms with Crippen molar-refractivity contribution in [1.82, 2.24) is 9.97 Å². The van der Waals surface area contributed by atoms with E-state index in [1.807, 2.05) is 146 Å². The Labute approximate surface area is 233 Å². The van der Waals surface area contributed by atoms with Gasteiger partial charge in [0.2, 0.25) is 0 Å². The zero-order valence-electron chi connectivity index (χ0n) is 20.5. The lowest BCUT2D eigenvalue weighted by Gasteiger charge is -2.06. The summed E-state index contributed by atoms with van der Waals surface area (Å²) in [5, 5.41) is 1.40. The van der Waals surface area contributed by atoms with Crippen molar-refractivity contribution in [2.45, 2.75) is 0 Å². The third kappa shape index (κ3) is 6.54. The lowest BCUT2D eigenvalue weighted by Crippen LogP contribution is -1.88. The number of pyridine rings is 2. The van der Waals surface area contributed by atoms with Gasteiger partial charge in [-0.2, -0.15) is 0 Å². The second-order valence-corrected chi connectivity index (χ2v) is 9.45. The van der Waals surface area contributed by atoms with E-state index in [1.54, 1.807) is 0 Å². The Bertz CT molecular complexity index is 1370. The van der Waals surface area contributed by atoms with Gasteiger partial charge >= 0.3 is 0 Å². The SMILES string of the molecule is Clc1cc(-c2ccccc2)nc(-c2ccccc2)c1.Clc1cc(-c2ccccc2)nc(-c2ccccc2)c1. The van der Waals surface area contributed by atoms with Crippen molar-refractivity contribution < 1.29 is 0 Å². The molecule has 38 heavy (non-hydrogen) atoms. The Morgan fingerprint density at radius 1 is 0.316 bits per heavy atom. The molecule has 0 aliphatic rings. The second kappa shape index (κ2) is 12.3. The van der Waals surface area contributed by atoms with Crippen molar-refractivity contribution in [2.24, 2.45) is 0 Å². The first-order chi connectivity index (χ1) is 18.7. The van der Waals surface area contributed by atoms with Crippen LogP contribution in [0.1, 0.15) is 0 Å². The van der Waals surface area contributed by atoms with Gasteiger partial charge in [-0.3, -0.25) is 0 Å². The lowest BCUT2D eigenvalue weighted by atomic mass is 10.1. The number of benzene rings is 4. The normalized spacial score (nSPS) is 10.4. The van der Waals surface area contributed by atoms with Crippen LogP contribution in [0.25, 0.3) is 45.0 Å². The van der Waals surface area contributed by atoms with Gasteiger partial charge in [-0.15, -0.1) is 0 Å². The fraction of sp³-hybridized carbons (Fsp3) is 0. The topological polar surface area (TPSA) is 25.8 Å². The molecule has 0 aliphatic carbocycles. The maximum absolute atomic E-state index is 6.21. The molecule has 0 radical (unpaired) electrons. The minimum absolute atomic E-state index is 0.702. The molecule has 0 aliphatic heterocycles. The first-order valence-corrected chi connectivity index (χ1v) is 13.0. The van der Waals surface area contributed by atoms with E-state index in [-0.39, 0.29) is 0 Å². The number of nitrogens with zero attached hydrogens (tertiary/aromatic N) is 2. The molecule has 0 atom stereocenters. The first-order valence-electron chi connectivity index (χ1n) is 12.2. The fourth-order valence-corrected chi connectivity index (χ4v) is 4.43. The van der Waals surface area contributed by atoms with Gasteiger partial charge in [0.1, 0.15) is 0 Å². The third-order valence-corrected chi connectivity index (χ3v) is 6.29. The van der Waals surface area contributed by atoms with Gasteiger partial charge < -0.3 is 0 Å². The smallest absolute Gasteiger partial charge is 0.0724 e. The Hall–Kier alpha value is -4.24. The molecule has 0 saturated heterocycles. The van der Waals surface area contributed by atoms with Crippen LogP contribution in [0.5, 0.6) is 0 Å². The molecule has 4 aromatic carbocycles. The van der Waals surface area contributed by atoms with Crippen LogP contribution < -0.4 is 0 Å². The highest BCUT2D eigenvalue weighted by Gasteiger charge is 2.06. The molecule has 2 nitrogen and oxygen atoms in total. The molecule has 2 heterocycles. The summed E-state index contributed by atoms with van der Waals surface area (Å²) in [5.74, 6) is 0. The average molecular weight is 531 g/mol. The van der Waals surface area contributed by atoms with E-state index >= 15 is 0 Å². The highest BCUT2D eigenvalue weighted by atomic mass is 35.5. The maximum atomic E-state index is 6.21. The lowest BCUT2D eigenvalue weighted by molar-refractivity contribution is 1.32. The van der Waals surface area contributed by atoms with E-state index in [0.717, 1.165) is 45.0 Å². The Morgan fingerprint density at radius 3 is 0.737 bits per heavy atom. The molecule has 0 bridgehead atoms. The van der Waals surface area contributed by atoms with Crippen LogP contribution >= 0.6 is 23.2 Å². The Kier molecular flexibility index (Phi) is 8.25. The minimum atomic E-state index is 0.702. The van der Waals surface area contributed by atoms with Crippen LogP contribution in [0.3, 0.4) is 0 Å². The van der Waals surface area contributed by atoms with Crippen molar-refractivity contribution in [3.05, 3.63) is 156 Å². The number of rotatable bonds is 4. The molecule has 6 aromatic rings. The first kappa shape index (κ1) is 25.4.